The van der Waals surface area contributed by atoms with Crippen molar-refractivity contribution in [3.05, 3.63) is 0 Å². The Balaban J connectivity index is 2.50. The molecule has 0 aromatic rings. The minimum atomic E-state index is -1.15. The zero-order chi connectivity index (χ0) is 16.9. The monoisotopic (exact) mass is 313 g/mol. The van der Waals surface area contributed by atoms with Gasteiger partial charge in [-0.05, 0) is 31.6 Å². The topological polar surface area (TPSA) is 122 Å². The average molecular weight is 313 g/mol. The van der Waals surface area contributed by atoms with Gasteiger partial charge in [0.05, 0.1) is 12.5 Å². The number of hydrogen-bond acceptors (Lipinski definition) is 4. The first kappa shape index (κ1) is 18.4. The predicted octanol–water partition coefficient (Wildman–Crippen LogP) is 0.234. The number of hydrogen-bond donors (Lipinski definition) is 4. The number of nitrogens with one attached hydrogen (secondary N) is 2. The molecule has 0 aromatic carbocycles. The Morgan fingerprint density at radius 3 is 2.23 bits per heavy atom. The average Bonchev–Trinajstić information content (AvgIpc) is 2.41. The molecule has 22 heavy (non-hydrogen) atoms. The highest BCUT2D eigenvalue weighted by atomic mass is 16.4. The number of rotatable bonds is 6. The Bertz CT molecular complexity index is 417. The number of carbonyl (C=O) groups is 3. The summed E-state index contributed by atoms with van der Waals surface area (Å²) in [6.45, 7) is 5.80. The van der Waals surface area contributed by atoms with Crippen molar-refractivity contribution < 1.29 is 19.5 Å². The lowest BCUT2D eigenvalue weighted by Crippen LogP contribution is -2.54. The van der Waals surface area contributed by atoms with E-state index in [1.54, 1.807) is 6.92 Å². The third-order valence-corrected chi connectivity index (χ3v) is 4.34. The third kappa shape index (κ3) is 5.29. The highest BCUT2D eigenvalue weighted by Gasteiger charge is 2.30. The van der Waals surface area contributed by atoms with Gasteiger partial charge in [0.2, 0.25) is 11.8 Å². The molecule has 0 bridgehead atoms. The van der Waals surface area contributed by atoms with Gasteiger partial charge in [-0.15, -0.1) is 0 Å². The van der Waals surface area contributed by atoms with Gasteiger partial charge in [-0.3, -0.25) is 14.4 Å². The van der Waals surface area contributed by atoms with Crippen LogP contribution in [-0.4, -0.2) is 41.0 Å². The fourth-order valence-corrected chi connectivity index (χ4v) is 2.92. The summed E-state index contributed by atoms with van der Waals surface area (Å²) in [5.41, 5.74) is 5.47. The number of carboxylic acid groups (broad SMARTS) is 1. The minimum absolute atomic E-state index is 0.105. The zero-order valence-corrected chi connectivity index (χ0v) is 13.5. The van der Waals surface area contributed by atoms with Crippen molar-refractivity contribution in [2.75, 3.05) is 0 Å². The lowest BCUT2D eigenvalue weighted by molar-refractivity contribution is -0.139. The summed E-state index contributed by atoms with van der Waals surface area (Å²) in [7, 11) is 0. The molecule has 0 aromatic heterocycles. The van der Waals surface area contributed by atoms with E-state index in [1.165, 1.54) is 6.42 Å². The van der Waals surface area contributed by atoms with Crippen molar-refractivity contribution in [1.29, 1.82) is 0 Å². The molecular formula is C15H27N3O4. The Hall–Kier alpha value is -1.63. The molecule has 1 aliphatic carbocycles. The molecule has 126 valence electrons. The number of nitrogens with two attached hydrogens (primary N) is 1. The first-order valence-electron chi connectivity index (χ1n) is 7.80. The SMILES string of the molecule is C[C@@H]1CCC[C@H](C)C1NC(=O)[C@@H](C)NC(=O)[C@@H](N)CC(=O)O. The second kappa shape index (κ2) is 8.12. The molecule has 5 atom stereocenters. The van der Waals surface area contributed by atoms with Crippen LogP contribution in [0.3, 0.4) is 0 Å². The van der Waals surface area contributed by atoms with Crippen LogP contribution < -0.4 is 16.4 Å². The van der Waals surface area contributed by atoms with Crippen LogP contribution >= 0.6 is 0 Å². The van der Waals surface area contributed by atoms with Gasteiger partial charge in [0.25, 0.3) is 0 Å². The third-order valence-electron chi connectivity index (χ3n) is 4.34. The zero-order valence-electron chi connectivity index (χ0n) is 13.5. The van der Waals surface area contributed by atoms with Crippen molar-refractivity contribution in [2.24, 2.45) is 17.6 Å². The fraction of sp³-hybridized carbons (Fsp3) is 0.800. The van der Waals surface area contributed by atoms with Crippen molar-refractivity contribution in [1.82, 2.24) is 10.6 Å². The summed E-state index contributed by atoms with van der Waals surface area (Å²) >= 11 is 0. The standard InChI is InChI=1S/C15H27N3O4/c1-8-5-4-6-9(2)13(8)18-14(21)10(3)17-15(22)11(16)7-12(19)20/h8-11,13H,4-7,16H2,1-3H3,(H,17,22)(H,18,21)(H,19,20)/t8-,9+,10-,11+,13?/m1/s1. The van der Waals surface area contributed by atoms with E-state index < -0.39 is 30.4 Å². The van der Waals surface area contributed by atoms with Crippen LogP contribution in [0.1, 0.15) is 46.5 Å². The summed E-state index contributed by atoms with van der Waals surface area (Å²) < 4.78 is 0. The van der Waals surface area contributed by atoms with E-state index in [0.29, 0.717) is 11.8 Å². The highest BCUT2D eigenvalue weighted by Crippen LogP contribution is 2.28. The van der Waals surface area contributed by atoms with Gasteiger partial charge < -0.3 is 21.5 Å². The molecule has 1 unspecified atom stereocenters. The van der Waals surface area contributed by atoms with Gasteiger partial charge >= 0.3 is 5.97 Å². The molecule has 1 rings (SSSR count). The Kier molecular flexibility index (Phi) is 6.80. The van der Waals surface area contributed by atoms with Gasteiger partial charge in [-0.2, -0.15) is 0 Å². The van der Waals surface area contributed by atoms with E-state index in [2.05, 4.69) is 24.5 Å². The number of amides is 2. The Morgan fingerprint density at radius 1 is 1.18 bits per heavy atom. The number of carboxylic acids is 1. The van der Waals surface area contributed by atoms with Crippen LogP contribution in [0, 0.1) is 11.8 Å². The lowest BCUT2D eigenvalue weighted by Gasteiger charge is -2.35. The molecule has 7 nitrogen and oxygen atoms in total. The maximum atomic E-state index is 12.2. The summed E-state index contributed by atoms with van der Waals surface area (Å²) in [5.74, 6) is -1.23. The fourth-order valence-electron chi connectivity index (χ4n) is 2.92. The summed E-state index contributed by atoms with van der Waals surface area (Å²) in [6.07, 6.45) is 2.88. The molecule has 2 amide bonds. The molecule has 5 N–H and O–H groups in total. The first-order valence-corrected chi connectivity index (χ1v) is 7.80. The van der Waals surface area contributed by atoms with Crippen LogP contribution in [0.15, 0.2) is 0 Å². The van der Waals surface area contributed by atoms with Crippen molar-refractivity contribution in [3.8, 4) is 0 Å². The number of carbonyl (C=O) groups excluding carboxylic acids is 2. The van der Waals surface area contributed by atoms with Gasteiger partial charge in [0.1, 0.15) is 6.04 Å². The Morgan fingerprint density at radius 2 is 1.73 bits per heavy atom. The predicted molar refractivity (Wildman–Crippen MR) is 81.9 cm³/mol. The van der Waals surface area contributed by atoms with Crippen LogP contribution in [-0.2, 0) is 14.4 Å². The first-order chi connectivity index (χ1) is 10.2. The largest absolute Gasteiger partial charge is 0.481 e. The molecule has 0 spiro atoms. The second-order valence-corrected chi connectivity index (χ2v) is 6.35. The van der Waals surface area contributed by atoms with E-state index in [1.807, 2.05) is 0 Å². The highest BCUT2D eigenvalue weighted by molar-refractivity contribution is 5.91. The smallest absolute Gasteiger partial charge is 0.305 e. The minimum Gasteiger partial charge on any atom is -0.481 e. The second-order valence-electron chi connectivity index (χ2n) is 6.35. The van der Waals surface area contributed by atoms with Gasteiger partial charge in [-0.1, -0.05) is 20.3 Å². The maximum Gasteiger partial charge on any atom is 0.305 e. The van der Waals surface area contributed by atoms with E-state index in [0.717, 1.165) is 12.8 Å². The van der Waals surface area contributed by atoms with Crippen LogP contribution in [0.4, 0.5) is 0 Å². The summed E-state index contributed by atoms with van der Waals surface area (Å²) in [6, 6.07) is -1.79. The summed E-state index contributed by atoms with van der Waals surface area (Å²) in [4.78, 5) is 34.5. The molecular weight excluding hydrogens is 286 g/mol. The Labute approximate surface area is 131 Å². The summed E-state index contributed by atoms with van der Waals surface area (Å²) in [5, 5.41) is 14.1. The molecule has 7 heteroatoms. The van der Waals surface area contributed by atoms with Crippen LogP contribution in [0.5, 0.6) is 0 Å². The molecule has 1 fully saturated rings. The van der Waals surface area contributed by atoms with E-state index >= 15 is 0 Å². The molecule has 0 radical (unpaired) electrons. The van der Waals surface area contributed by atoms with Crippen molar-refractivity contribution in [2.45, 2.75) is 64.6 Å². The maximum absolute atomic E-state index is 12.2. The molecule has 0 saturated heterocycles. The van der Waals surface area contributed by atoms with Crippen LogP contribution in [0.2, 0.25) is 0 Å². The van der Waals surface area contributed by atoms with Crippen molar-refractivity contribution in [3.63, 3.8) is 0 Å². The van der Waals surface area contributed by atoms with E-state index in [-0.39, 0.29) is 11.9 Å². The molecule has 0 aliphatic heterocycles. The van der Waals surface area contributed by atoms with Crippen molar-refractivity contribution >= 4 is 17.8 Å². The lowest BCUT2D eigenvalue weighted by atomic mass is 9.78. The molecule has 1 saturated carbocycles. The van der Waals surface area contributed by atoms with Gasteiger partial charge in [-0.25, -0.2) is 0 Å². The van der Waals surface area contributed by atoms with Gasteiger partial charge in [0.15, 0.2) is 0 Å². The molecule has 1 aliphatic rings. The van der Waals surface area contributed by atoms with E-state index in [4.69, 9.17) is 10.8 Å². The quantitative estimate of drug-likeness (QED) is 0.559. The van der Waals surface area contributed by atoms with E-state index in [9.17, 15) is 14.4 Å². The van der Waals surface area contributed by atoms with Gasteiger partial charge in [0, 0.05) is 6.04 Å². The number of aliphatic carboxylic acids is 1. The normalized spacial score (nSPS) is 27.5. The van der Waals surface area contributed by atoms with Crippen LogP contribution in [0.25, 0.3) is 0 Å². The molecule has 0 heterocycles.